The Labute approximate surface area is 96.1 Å². The molecule has 0 amide bonds. The average molecular weight is 220 g/mol. The van der Waals surface area contributed by atoms with Crippen LogP contribution in [0.1, 0.15) is 24.5 Å². The number of nitrogens with zero attached hydrogens (tertiary/aromatic N) is 1. The summed E-state index contributed by atoms with van der Waals surface area (Å²) >= 11 is 0. The fourth-order valence-corrected chi connectivity index (χ4v) is 1.60. The van der Waals surface area contributed by atoms with Gasteiger partial charge >= 0.3 is 0 Å². The number of hydrogen-bond donors (Lipinski definition) is 1. The van der Waals surface area contributed by atoms with Gasteiger partial charge in [0.25, 0.3) is 0 Å². The highest BCUT2D eigenvalue weighted by Crippen LogP contribution is 2.10. The van der Waals surface area contributed by atoms with Crippen LogP contribution in [0.5, 0.6) is 0 Å². The maximum absolute atomic E-state index is 12.8. The number of aryl methyl sites for hydroxylation is 1. The first-order valence-corrected chi connectivity index (χ1v) is 5.55. The van der Waals surface area contributed by atoms with Gasteiger partial charge in [0.15, 0.2) is 0 Å². The molecule has 0 aliphatic carbocycles. The molecule has 0 radical (unpaired) electrons. The second kappa shape index (κ2) is 6.24. The van der Waals surface area contributed by atoms with Crippen LogP contribution in [-0.4, -0.2) is 12.6 Å². The van der Waals surface area contributed by atoms with Crippen molar-refractivity contribution in [2.45, 2.75) is 32.7 Å². The van der Waals surface area contributed by atoms with Crippen molar-refractivity contribution in [3.8, 4) is 6.07 Å². The number of halogens is 1. The first-order valence-electron chi connectivity index (χ1n) is 5.55. The Morgan fingerprint density at radius 3 is 2.81 bits per heavy atom. The molecule has 1 N–H and O–H groups in total. The molecule has 0 aliphatic rings. The fourth-order valence-electron chi connectivity index (χ4n) is 1.60. The summed E-state index contributed by atoms with van der Waals surface area (Å²) in [5.74, 6) is -0.197. The molecule has 1 rings (SSSR count). The van der Waals surface area contributed by atoms with Gasteiger partial charge in [-0.2, -0.15) is 5.26 Å². The summed E-state index contributed by atoms with van der Waals surface area (Å²) < 4.78 is 12.8. The van der Waals surface area contributed by atoms with Crippen LogP contribution in [0.15, 0.2) is 18.2 Å². The molecule has 1 unspecified atom stereocenters. The number of hydrogen-bond acceptors (Lipinski definition) is 2. The van der Waals surface area contributed by atoms with E-state index in [1.54, 1.807) is 6.07 Å². The number of rotatable bonds is 5. The summed E-state index contributed by atoms with van der Waals surface area (Å²) in [5.41, 5.74) is 2.09. The van der Waals surface area contributed by atoms with Gasteiger partial charge in [-0.25, -0.2) is 4.39 Å². The van der Waals surface area contributed by atoms with Crippen LogP contribution in [0.3, 0.4) is 0 Å². The second-order valence-electron chi connectivity index (χ2n) is 3.86. The Morgan fingerprint density at radius 2 is 2.25 bits per heavy atom. The van der Waals surface area contributed by atoms with E-state index in [1.807, 2.05) is 13.8 Å². The molecule has 1 aromatic rings. The maximum atomic E-state index is 12.8. The first kappa shape index (κ1) is 12.7. The third-order valence-corrected chi connectivity index (χ3v) is 2.65. The van der Waals surface area contributed by atoms with E-state index >= 15 is 0 Å². The Hall–Kier alpha value is -1.40. The molecule has 0 aliphatic heterocycles. The minimum absolute atomic E-state index is 0.0826. The van der Waals surface area contributed by atoms with Gasteiger partial charge in [0.2, 0.25) is 0 Å². The number of nitriles is 1. The lowest BCUT2D eigenvalue weighted by atomic mass is 10.1. The van der Waals surface area contributed by atoms with Crippen molar-refractivity contribution in [3.63, 3.8) is 0 Å². The van der Waals surface area contributed by atoms with Crippen molar-refractivity contribution in [2.75, 3.05) is 6.54 Å². The van der Waals surface area contributed by atoms with Gasteiger partial charge < -0.3 is 5.32 Å². The van der Waals surface area contributed by atoms with Gasteiger partial charge in [-0.15, -0.1) is 0 Å². The molecule has 16 heavy (non-hydrogen) atoms. The van der Waals surface area contributed by atoms with Crippen molar-refractivity contribution in [3.05, 3.63) is 35.1 Å². The zero-order valence-corrected chi connectivity index (χ0v) is 9.76. The highest BCUT2D eigenvalue weighted by Gasteiger charge is 2.04. The van der Waals surface area contributed by atoms with Crippen molar-refractivity contribution in [2.24, 2.45) is 0 Å². The minimum atomic E-state index is -0.197. The van der Waals surface area contributed by atoms with E-state index in [2.05, 4.69) is 11.4 Å². The van der Waals surface area contributed by atoms with Crippen LogP contribution in [0.25, 0.3) is 0 Å². The summed E-state index contributed by atoms with van der Waals surface area (Å²) in [5, 5.41) is 11.9. The molecule has 0 saturated carbocycles. The molecule has 1 atom stereocenters. The van der Waals surface area contributed by atoms with Crippen molar-refractivity contribution >= 4 is 0 Å². The third-order valence-electron chi connectivity index (χ3n) is 2.65. The third kappa shape index (κ3) is 3.63. The lowest BCUT2D eigenvalue weighted by Crippen LogP contribution is -2.28. The largest absolute Gasteiger partial charge is 0.302 e. The highest BCUT2D eigenvalue weighted by molar-refractivity contribution is 5.26. The highest BCUT2D eigenvalue weighted by atomic mass is 19.1. The van der Waals surface area contributed by atoms with E-state index < -0.39 is 0 Å². The van der Waals surface area contributed by atoms with Crippen LogP contribution in [0, 0.1) is 24.1 Å². The molecule has 0 bridgehead atoms. The lowest BCUT2D eigenvalue weighted by Gasteiger charge is -2.10. The number of benzene rings is 1. The minimum Gasteiger partial charge on any atom is -0.302 e. The van der Waals surface area contributed by atoms with Crippen LogP contribution < -0.4 is 5.32 Å². The quantitative estimate of drug-likeness (QED) is 0.827. The predicted molar refractivity (Wildman–Crippen MR) is 62.5 cm³/mol. The molecule has 1 aromatic carbocycles. The monoisotopic (exact) mass is 220 g/mol. The normalized spacial score (nSPS) is 12.1. The SMILES string of the molecule is CCC(C#N)NCCc1ccc(F)cc1C. The molecular formula is C13H17FN2. The zero-order chi connectivity index (χ0) is 12.0. The Balaban J connectivity index is 2.46. The maximum Gasteiger partial charge on any atom is 0.123 e. The Kier molecular flexibility index (Phi) is 4.94. The second-order valence-corrected chi connectivity index (χ2v) is 3.86. The Morgan fingerprint density at radius 1 is 1.50 bits per heavy atom. The van der Waals surface area contributed by atoms with Gasteiger partial charge in [-0.05, 0) is 43.0 Å². The predicted octanol–water partition coefficient (Wildman–Crippen LogP) is 2.57. The first-order chi connectivity index (χ1) is 7.67. The van der Waals surface area contributed by atoms with Crippen LogP contribution >= 0.6 is 0 Å². The summed E-state index contributed by atoms with van der Waals surface area (Å²) in [7, 11) is 0. The summed E-state index contributed by atoms with van der Waals surface area (Å²) in [6, 6.07) is 6.93. The van der Waals surface area contributed by atoms with Gasteiger partial charge in [-0.1, -0.05) is 13.0 Å². The molecule has 0 aromatic heterocycles. The molecular weight excluding hydrogens is 203 g/mol. The van der Waals surface area contributed by atoms with E-state index in [-0.39, 0.29) is 11.9 Å². The van der Waals surface area contributed by atoms with E-state index in [0.717, 1.165) is 30.5 Å². The summed E-state index contributed by atoms with van der Waals surface area (Å²) in [6.45, 7) is 4.63. The summed E-state index contributed by atoms with van der Waals surface area (Å²) in [6.07, 6.45) is 1.63. The van der Waals surface area contributed by atoms with Gasteiger partial charge in [0.1, 0.15) is 5.82 Å². The average Bonchev–Trinajstić information content (AvgIpc) is 2.27. The van der Waals surface area contributed by atoms with Crippen molar-refractivity contribution in [1.82, 2.24) is 5.32 Å². The van der Waals surface area contributed by atoms with Gasteiger partial charge in [0.05, 0.1) is 12.1 Å². The van der Waals surface area contributed by atoms with Gasteiger partial charge in [-0.3, -0.25) is 0 Å². The molecule has 86 valence electrons. The van der Waals surface area contributed by atoms with Crippen molar-refractivity contribution < 1.29 is 4.39 Å². The molecule has 0 fully saturated rings. The van der Waals surface area contributed by atoms with Crippen LogP contribution in [0.4, 0.5) is 4.39 Å². The van der Waals surface area contributed by atoms with E-state index in [9.17, 15) is 4.39 Å². The smallest absolute Gasteiger partial charge is 0.123 e. The van der Waals surface area contributed by atoms with Crippen LogP contribution in [-0.2, 0) is 6.42 Å². The molecule has 0 heterocycles. The van der Waals surface area contributed by atoms with E-state index in [1.165, 1.54) is 12.1 Å². The standard InChI is InChI=1S/C13H17FN2/c1-3-13(9-15)16-7-6-11-4-5-12(14)8-10(11)2/h4-5,8,13,16H,3,6-7H2,1-2H3. The van der Waals surface area contributed by atoms with Crippen molar-refractivity contribution in [1.29, 1.82) is 5.26 Å². The molecule has 2 nitrogen and oxygen atoms in total. The van der Waals surface area contributed by atoms with Crippen LogP contribution in [0.2, 0.25) is 0 Å². The molecule has 0 saturated heterocycles. The molecule has 0 spiro atoms. The summed E-state index contributed by atoms with van der Waals surface area (Å²) in [4.78, 5) is 0. The zero-order valence-electron chi connectivity index (χ0n) is 9.76. The lowest BCUT2D eigenvalue weighted by molar-refractivity contribution is 0.586. The fraction of sp³-hybridized carbons (Fsp3) is 0.462. The Bertz CT molecular complexity index is 382. The molecule has 3 heteroatoms. The topological polar surface area (TPSA) is 35.8 Å². The van der Waals surface area contributed by atoms with Gasteiger partial charge in [0, 0.05) is 6.54 Å². The van der Waals surface area contributed by atoms with E-state index in [0.29, 0.717) is 0 Å². The van der Waals surface area contributed by atoms with E-state index in [4.69, 9.17) is 5.26 Å². The number of nitrogens with one attached hydrogen (secondary N) is 1.